The second-order valence-electron chi connectivity index (χ2n) is 5.03. The van der Waals surface area contributed by atoms with Crippen molar-refractivity contribution in [2.24, 2.45) is 0 Å². The average Bonchev–Trinajstić information content (AvgIpc) is 2.68. The minimum Gasteiger partial charge on any atom is -0.371 e. The van der Waals surface area contributed by atoms with E-state index < -0.39 is 0 Å². The Bertz CT molecular complexity index is 412. The summed E-state index contributed by atoms with van der Waals surface area (Å²) in [6.07, 6.45) is 5.18. The second-order valence-corrected chi connectivity index (χ2v) is 5.03. The van der Waals surface area contributed by atoms with Gasteiger partial charge in [-0.3, -0.25) is 4.79 Å². The highest BCUT2D eigenvalue weighted by molar-refractivity contribution is 5.92. The van der Waals surface area contributed by atoms with Crippen molar-refractivity contribution >= 4 is 17.3 Å². The highest BCUT2D eigenvalue weighted by atomic mass is 16.1. The predicted octanol–water partition coefficient (Wildman–Crippen LogP) is 2.22. The molecule has 1 aliphatic heterocycles. The summed E-state index contributed by atoms with van der Waals surface area (Å²) in [6.45, 7) is 2.58. The van der Waals surface area contributed by atoms with E-state index in [1.165, 1.54) is 31.4 Å². The molecule has 1 fully saturated rings. The van der Waals surface area contributed by atoms with Gasteiger partial charge in [0.05, 0.1) is 6.54 Å². The van der Waals surface area contributed by atoms with Crippen LogP contribution < -0.4 is 15.5 Å². The number of anilines is 2. The van der Waals surface area contributed by atoms with Crippen LogP contribution in [0.1, 0.15) is 25.7 Å². The number of carbonyl (C=O) groups excluding carboxylic acids is 1. The molecule has 0 saturated carbocycles. The number of carbonyl (C=O) groups is 1. The number of benzene rings is 1. The van der Waals surface area contributed by atoms with Crippen LogP contribution in [0.5, 0.6) is 0 Å². The van der Waals surface area contributed by atoms with Crippen molar-refractivity contribution in [3.05, 3.63) is 24.3 Å². The summed E-state index contributed by atoms with van der Waals surface area (Å²) in [6, 6.07) is 8.14. The first-order chi connectivity index (χ1) is 9.29. The van der Waals surface area contributed by atoms with E-state index in [0.717, 1.165) is 18.8 Å². The van der Waals surface area contributed by atoms with E-state index in [2.05, 4.69) is 27.7 Å². The van der Waals surface area contributed by atoms with Gasteiger partial charge in [-0.2, -0.15) is 0 Å². The molecule has 0 spiro atoms. The van der Waals surface area contributed by atoms with E-state index in [-0.39, 0.29) is 5.91 Å². The first-order valence-electron chi connectivity index (χ1n) is 7.09. The zero-order valence-electron chi connectivity index (χ0n) is 11.6. The molecular formula is C15H23N3O. The number of hydrogen-bond donors (Lipinski definition) is 2. The van der Waals surface area contributed by atoms with Gasteiger partial charge in [-0.15, -0.1) is 0 Å². The number of nitrogens with one attached hydrogen (secondary N) is 2. The molecule has 0 bridgehead atoms. The van der Waals surface area contributed by atoms with Crippen LogP contribution in [0.3, 0.4) is 0 Å². The smallest absolute Gasteiger partial charge is 0.238 e. The van der Waals surface area contributed by atoms with Crippen LogP contribution in [-0.2, 0) is 4.79 Å². The maximum atomic E-state index is 11.6. The second kappa shape index (κ2) is 7.14. The standard InChI is InChI=1S/C15H23N3O/c1-16-12-15(19)17-13-7-6-8-14(11-13)18-9-4-2-3-5-10-18/h6-8,11,16H,2-5,9-10,12H2,1H3,(H,17,19). The molecule has 1 heterocycles. The third kappa shape index (κ3) is 4.24. The Hall–Kier alpha value is -1.55. The molecule has 1 amide bonds. The van der Waals surface area contributed by atoms with Gasteiger partial charge < -0.3 is 15.5 Å². The Morgan fingerprint density at radius 3 is 2.63 bits per heavy atom. The van der Waals surface area contributed by atoms with E-state index in [4.69, 9.17) is 0 Å². The number of amides is 1. The summed E-state index contributed by atoms with van der Waals surface area (Å²) in [5, 5.41) is 5.76. The molecule has 0 radical (unpaired) electrons. The van der Waals surface area contributed by atoms with Gasteiger partial charge in [-0.25, -0.2) is 0 Å². The Labute approximate surface area is 115 Å². The molecule has 2 rings (SSSR count). The first kappa shape index (κ1) is 13.9. The fourth-order valence-electron chi connectivity index (χ4n) is 2.47. The summed E-state index contributed by atoms with van der Waals surface area (Å²) in [7, 11) is 1.77. The van der Waals surface area contributed by atoms with Crippen LogP contribution in [-0.4, -0.2) is 32.6 Å². The molecule has 19 heavy (non-hydrogen) atoms. The molecule has 1 aliphatic rings. The van der Waals surface area contributed by atoms with Crippen molar-refractivity contribution < 1.29 is 4.79 Å². The van der Waals surface area contributed by atoms with Crippen molar-refractivity contribution in [2.75, 3.05) is 36.9 Å². The molecule has 104 valence electrons. The predicted molar refractivity (Wildman–Crippen MR) is 79.7 cm³/mol. The molecule has 0 aliphatic carbocycles. The van der Waals surface area contributed by atoms with Crippen LogP contribution in [0.15, 0.2) is 24.3 Å². The summed E-state index contributed by atoms with van der Waals surface area (Å²) < 4.78 is 0. The van der Waals surface area contributed by atoms with Crippen molar-refractivity contribution in [3.8, 4) is 0 Å². The highest BCUT2D eigenvalue weighted by Gasteiger charge is 2.10. The average molecular weight is 261 g/mol. The molecule has 1 aromatic rings. The lowest BCUT2D eigenvalue weighted by molar-refractivity contribution is -0.115. The Morgan fingerprint density at radius 2 is 1.95 bits per heavy atom. The Morgan fingerprint density at radius 1 is 1.21 bits per heavy atom. The Balaban J connectivity index is 2.03. The number of hydrogen-bond acceptors (Lipinski definition) is 3. The van der Waals surface area contributed by atoms with Crippen LogP contribution in [0.2, 0.25) is 0 Å². The molecule has 1 saturated heterocycles. The highest BCUT2D eigenvalue weighted by Crippen LogP contribution is 2.22. The van der Waals surface area contributed by atoms with Crippen LogP contribution >= 0.6 is 0 Å². The van der Waals surface area contributed by atoms with Gasteiger partial charge in [0.15, 0.2) is 0 Å². The van der Waals surface area contributed by atoms with Crippen LogP contribution in [0.4, 0.5) is 11.4 Å². The molecule has 4 heteroatoms. The largest absolute Gasteiger partial charge is 0.371 e. The van der Waals surface area contributed by atoms with Crippen molar-refractivity contribution in [1.29, 1.82) is 0 Å². The minimum atomic E-state index is -0.00415. The van der Waals surface area contributed by atoms with Gasteiger partial charge >= 0.3 is 0 Å². The molecular weight excluding hydrogens is 238 g/mol. The third-order valence-electron chi connectivity index (χ3n) is 3.44. The topological polar surface area (TPSA) is 44.4 Å². The maximum absolute atomic E-state index is 11.6. The summed E-state index contributed by atoms with van der Waals surface area (Å²) in [5.41, 5.74) is 2.09. The summed E-state index contributed by atoms with van der Waals surface area (Å²) >= 11 is 0. The lowest BCUT2D eigenvalue weighted by atomic mass is 10.2. The summed E-state index contributed by atoms with van der Waals surface area (Å²) in [4.78, 5) is 14.0. The molecule has 0 aromatic heterocycles. The van der Waals surface area contributed by atoms with Gasteiger partial charge in [0.25, 0.3) is 0 Å². The lowest BCUT2D eigenvalue weighted by Gasteiger charge is -2.23. The molecule has 0 unspecified atom stereocenters. The van der Waals surface area contributed by atoms with E-state index in [0.29, 0.717) is 6.54 Å². The lowest BCUT2D eigenvalue weighted by Crippen LogP contribution is -2.26. The minimum absolute atomic E-state index is 0.00415. The fourth-order valence-corrected chi connectivity index (χ4v) is 2.47. The molecule has 2 N–H and O–H groups in total. The van der Waals surface area contributed by atoms with Crippen molar-refractivity contribution in [3.63, 3.8) is 0 Å². The molecule has 4 nitrogen and oxygen atoms in total. The van der Waals surface area contributed by atoms with Gasteiger partial charge in [-0.1, -0.05) is 18.9 Å². The van der Waals surface area contributed by atoms with Gasteiger partial charge in [0, 0.05) is 24.5 Å². The Kier molecular flexibility index (Phi) is 5.21. The van der Waals surface area contributed by atoms with Crippen LogP contribution in [0, 0.1) is 0 Å². The van der Waals surface area contributed by atoms with Gasteiger partial charge in [0.2, 0.25) is 5.91 Å². The number of rotatable bonds is 4. The first-order valence-corrected chi connectivity index (χ1v) is 7.09. The van der Waals surface area contributed by atoms with E-state index in [1.807, 2.05) is 12.1 Å². The van der Waals surface area contributed by atoms with Crippen LogP contribution in [0.25, 0.3) is 0 Å². The van der Waals surface area contributed by atoms with E-state index in [9.17, 15) is 4.79 Å². The fraction of sp³-hybridized carbons (Fsp3) is 0.533. The maximum Gasteiger partial charge on any atom is 0.238 e. The normalized spacial score (nSPS) is 15.9. The van der Waals surface area contributed by atoms with Crippen molar-refractivity contribution in [1.82, 2.24) is 5.32 Å². The quantitative estimate of drug-likeness (QED) is 0.873. The summed E-state index contributed by atoms with van der Waals surface area (Å²) in [5.74, 6) is -0.00415. The number of nitrogens with zero attached hydrogens (tertiary/aromatic N) is 1. The number of likely N-dealkylation sites (N-methyl/N-ethyl adjacent to an activating group) is 1. The van der Waals surface area contributed by atoms with E-state index >= 15 is 0 Å². The monoisotopic (exact) mass is 261 g/mol. The van der Waals surface area contributed by atoms with Crippen molar-refractivity contribution in [2.45, 2.75) is 25.7 Å². The zero-order chi connectivity index (χ0) is 13.5. The van der Waals surface area contributed by atoms with Gasteiger partial charge in [0.1, 0.15) is 0 Å². The van der Waals surface area contributed by atoms with E-state index in [1.54, 1.807) is 7.05 Å². The third-order valence-corrected chi connectivity index (χ3v) is 3.44. The zero-order valence-corrected chi connectivity index (χ0v) is 11.6. The molecule has 1 aromatic carbocycles. The SMILES string of the molecule is CNCC(=O)Nc1cccc(N2CCCCCC2)c1. The molecule has 0 atom stereocenters. The van der Waals surface area contributed by atoms with Gasteiger partial charge in [-0.05, 0) is 38.1 Å².